The molecule has 0 radical (unpaired) electrons. The predicted molar refractivity (Wildman–Crippen MR) is 69.6 cm³/mol. The Bertz CT molecular complexity index is 431. The summed E-state index contributed by atoms with van der Waals surface area (Å²) in [7, 11) is -3.20. The van der Waals surface area contributed by atoms with E-state index >= 15 is 0 Å². The van der Waals surface area contributed by atoms with Crippen molar-refractivity contribution in [3.05, 3.63) is 29.6 Å². The smallest absolute Gasteiger partial charge is 0.211 e. The Hall–Kier alpha value is -0.650. The Morgan fingerprint density at radius 2 is 2.12 bits per heavy atom. The van der Waals surface area contributed by atoms with Gasteiger partial charge in [-0.15, -0.1) is 11.6 Å². The van der Waals surface area contributed by atoms with Gasteiger partial charge in [0.2, 0.25) is 10.0 Å². The van der Waals surface area contributed by atoms with Gasteiger partial charge in [-0.2, -0.15) is 0 Å². The number of aromatic nitrogens is 1. The average molecular weight is 277 g/mol. The van der Waals surface area contributed by atoms with Gasteiger partial charge in [-0.3, -0.25) is 4.98 Å². The fraction of sp³-hybridized carbons (Fsp3) is 0.545. The highest BCUT2D eigenvalue weighted by atomic mass is 35.5. The summed E-state index contributed by atoms with van der Waals surface area (Å²) in [6, 6.07) is 3.72. The molecule has 0 aliphatic carbocycles. The van der Waals surface area contributed by atoms with Crippen LogP contribution in [0.1, 0.15) is 24.1 Å². The molecule has 1 rings (SSSR count). The molecular formula is C11H17ClN2O2S. The van der Waals surface area contributed by atoms with Crippen LogP contribution in [0.4, 0.5) is 0 Å². The van der Waals surface area contributed by atoms with Gasteiger partial charge < -0.3 is 0 Å². The van der Waals surface area contributed by atoms with Crippen molar-refractivity contribution in [2.75, 3.05) is 11.6 Å². The third kappa shape index (κ3) is 6.00. The SMILES string of the molecule is Cc1ccc(CNS(=O)(=O)CCCCCl)cn1. The minimum atomic E-state index is -3.20. The Kier molecular flexibility index (Phi) is 5.88. The van der Waals surface area contributed by atoms with E-state index in [-0.39, 0.29) is 12.3 Å². The van der Waals surface area contributed by atoms with Crippen LogP contribution in [0, 0.1) is 6.92 Å². The summed E-state index contributed by atoms with van der Waals surface area (Å²) < 4.78 is 25.7. The van der Waals surface area contributed by atoms with E-state index in [1.807, 2.05) is 19.1 Å². The van der Waals surface area contributed by atoms with E-state index in [4.69, 9.17) is 11.6 Å². The lowest BCUT2D eigenvalue weighted by atomic mass is 10.2. The van der Waals surface area contributed by atoms with E-state index < -0.39 is 10.0 Å². The zero-order valence-corrected chi connectivity index (χ0v) is 11.4. The molecular weight excluding hydrogens is 260 g/mol. The Balaban J connectivity index is 2.41. The molecule has 0 unspecified atom stereocenters. The molecule has 0 saturated heterocycles. The van der Waals surface area contributed by atoms with E-state index in [2.05, 4.69) is 9.71 Å². The predicted octanol–water partition coefficient (Wildman–Crippen LogP) is 1.83. The van der Waals surface area contributed by atoms with E-state index in [0.717, 1.165) is 11.3 Å². The molecule has 0 aliphatic rings. The number of sulfonamides is 1. The zero-order valence-electron chi connectivity index (χ0n) is 9.82. The third-order valence-corrected chi connectivity index (χ3v) is 3.94. The number of hydrogen-bond acceptors (Lipinski definition) is 3. The van der Waals surface area contributed by atoms with Crippen molar-refractivity contribution in [3.63, 3.8) is 0 Å². The van der Waals surface area contributed by atoms with E-state index in [1.54, 1.807) is 6.20 Å². The second kappa shape index (κ2) is 6.93. The second-order valence-corrected chi connectivity index (χ2v) is 6.15. The molecule has 0 bridgehead atoms. The monoisotopic (exact) mass is 276 g/mol. The molecule has 1 N–H and O–H groups in total. The summed E-state index contributed by atoms with van der Waals surface area (Å²) in [6.07, 6.45) is 2.98. The van der Waals surface area contributed by atoms with Crippen LogP contribution >= 0.6 is 11.6 Å². The van der Waals surface area contributed by atoms with Gasteiger partial charge in [0.15, 0.2) is 0 Å². The first-order chi connectivity index (χ1) is 8.03. The van der Waals surface area contributed by atoms with Crippen molar-refractivity contribution in [1.82, 2.24) is 9.71 Å². The molecule has 0 atom stereocenters. The van der Waals surface area contributed by atoms with Gasteiger partial charge in [-0.25, -0.2) is 13.1 Å². The number of alkyl halides is 1. The number of aryl methyl sites for hydroxylation is 1. The normalized spacial score (nSPS) is 11.6. The van der Waals surface area contributed by atoms with Crippen molar-refractivity contribution in [2.45, 2.75) is 26.3 Å². The highest BCUT2D eigenvalue weighted by Gasteiger charge is 2.09. The summed E-state index contributed by atoms with van der Waals surface area (Å²) in [4.78, 5) is 4.10. The fourth-order valence-corrected chi connectivity index (χ4v) is 2.56. The van der Waals surface area contributed by atoms with Crippen molar-refractivity contribution < 1.29 is 8.42 Å². The van der Waals surface area contributed by atoms with Crippen molar-refractivity contribution >= 4 is 21.6 Å². The lowest BCUT2D eigenvalue weighted by molar-refractivity contribution is 0.578. The van der Waals surface area contributed by atoms with Crippen molar-refractivity contribution in [3.8, 4) is 0 Å². The maximum Gasteiger partial charge on any atom is 0.211 e. The maximum absolute atomic E-state index is 11.6. The molecule has 0 spiro atoms. The van der Waals surface area contributed by atoms with Crippen molar-refractivity contribution in [1.29, 1.82) is 0 Å². The molecule has 17 heavy (non-hydrogen) atoms. The van der Waals surface area contributed by atoms with Crippen LogP contribution in [-0.2, 0) is 16.6 Å². The Labute approximate surface area is 107 Å². The quantitative estimate of drug-likeness (QED) is 0.611. The van der Waals surface area contributed by atoms with Crippen LogP contribution < -0.4 is 4.72 Å². The van der Waals surface area contributed by atoms with Gasteiger partial charge in [0, 0.05) is 24.3 Å². The summed E-state index contributed by atoms with van der Waals surface area (Å²) >= 11 is 5.49. The molecule has 96 valence electrons. The molecule has 0 saturated carbocycles. The van der Waals surface area contributed by atoms with Gasteiger partial charge >= 0.3 is 0 Å². The first-order valence-corrected chi connectivity index (χ1v) is 7.67. The van der Waals surface area contributed by atoms with Gasteiger partial charge in [0.25, 0.3) is 0 Å². The topological polar surface area (TPSA) is 59.1 Å². The maximum atomic E-state index is 11.6. The number of halogens is 1. The molecule has 4 nitrogen and oxygen atoms in total. The Morgan fingerprint density at radius 1 is 1.35 bits per heavy atom. The molecule has 0 amide bonds. The molecule has 1 aromatic heterocycles. The number of rotatable bonds is 7. The van der Waals surface area contributed by atoms with Crippen LogP contribution in [0.25, 0.3) is 0 Å². The van der Waals surface area contributed by atoms with Gasteiger partial charge in [0.05, 0.1) is 5.75 Å². The van der Waals surface area contributed by atoms with Crippen LogP contribution in [0.3, 0.4) is 0 Å². The first kappa shape index (κ1) is 14.4. The minimum Gasteiger partial charge on any atom is -0.261 e. The van der Waals surface area contributed by atoms with Crippen LogP contribution in [-0.4, -0.2) is 25.0 Å². The number of nitrogens with zero attached hydrogens (tertiary/aromatic N) is 1. The van der Waals surface area contributed by atoms with Gasteiger partial charge in [0.1, 0.15) is 0 Å². The van der Waals surface area contributed by atoms with E-state index in [9.17, 15) is 8.42 Å². The molecule has 0 aliphatic heterocycles. The Morgan fingerprint density at radius 3 is 2.71 bits per heavy atom. The standard InChI is InChI=1S/C11H17ClN2O2S/c1-10-4-5-11(8-13-10)9-14-17(15,16)7-3-2-6-12/h4-5,8,14H,2-3,6-7,9H2,1H3. The number of nitrogens with one attached hydrogen (secondary N) is 1. The summed E-state index contributed by atoms with van der Waals surface area (Å²) in [5.74, 6) is 0.621. The van der Waals surface area contributed by atoms with Gasteiger partial charge in [-0.05, 0) is 31.4 Å². The zero-order chi connectivity index (χ0) is 12.7. The summed E-state index contributed by atoms with van der Waals surface area (Å²) in [5.41, 5.74) is 1.77. The van der Waals surface area contributed by atoms with E-state index in [0.29, 0.717) is 18.7 Å². The third-order valence-electron chi connectivity index (χ3n) is 2.27. The highest BCUT2D eigenvalue weighted by molar-refractivity contribution is 7.89. The number of hydrogen-bond donors (Lipinski definition) is 1. The molecule has 1 heterocycles. The first-order valence-electron chi connectivity index (χ1n) is 5.48. The van der Waals surface area contributed by atoms with E-state index in [1.165, 1.54) is 0 Å². The van der Waals surface area contributed by atoms with Crippen LogP contribution in [0.5, 0.6) is 0 Å². The van der Waals surface area contributed by atoms with Crippen LogP contribution in [0.2, 0.25) is 0 Å². The second-order valence-electron chi connectivity index (χ2n) is 3.84. The number of pyridine rings is 1. The lowest BCUT2D eigenvalue weighted by Crippen LogP contribution is -2.26. The fourth-order valence-electron chi connectivity index (χ4n) is 1.26. The molecule has 0 fully saturated rings. The minimum absolute atomic E-state index is 0.124. The summed E-state index contributed by atoms with van der Waals surface area (Å²) in [5, 5.41) is 0. The molecule has 0 aromatic carbocycles. The molecule has 6 heteroatoms. The average Bonchev–Trinajstić information content (AvgIpc) is 2.29. The largest absolute Gasteiger partial charge is 0.261 e. The summed E-state index contributed by atoms with van der Waals surface area (Å²) in [6.45, 7) is 2.18. The highest BCUT2D eigenvalue weighted by Crippen LogP contribution is 2.01. The molecule has 1 aromatic rings. The van der Waals surface area contributed by atoms with Crippen molar-refractivity contribution in [2.24, 2.45) is 0 Å². The van der Waals surface area contributed by atoms with Gasteiger partial charge in [-0.1, -0.05) is 6.07 Å². The number of unbranched alkanes of at least 4 members (excludes halogenated alkanes) is 1. The van der Waals surface area contributed by atoms with Crippen LogP contribution in [0.15, 0.2) is 18.3 Å². The lowest BCUT2D eigenvalue weighted by Gasteiger charge is -2.06.